The van der Waals surface area contributed by atoms with Gasteiger partial charge in [-0.2, -0.15) is 0 Å². The highest BCUT2D eigenvalue weighted by Crippen LogP contribution is 2.75. The fourth-order valence-electron chi connectivity index (χ4n) is 10.4. The van der Waals surface area contributed by atoms with E-state index in [1.54, 1.807) is 18.4 Å². The van der Waals surface area contributed by atoms with Crippen LogP contribution in [0.4, 0.5) is 0 Å². The smallest absolute Gasteiger partial charge is 0.292 e. The first-order chi connectivity index (χ1) is 18.6. The third-order valence-corrected chi connectivity index (χ3v) is 13.5. The number of fused-ring (bicyclic) bond motifs is 9. The molecular formula is C32H44O7S. The topological polar surface area (TPSA) is 94.6 Å². The zero-order chi connectivity index (χ0) is 28.7. The van der Waals surface area contributed by atoms with Gasteiger partial charge in [-0.25, -0.2) is 0 Å². The Kier molecular flexibility index (Phi) is 5.78. The van der Waals surface area contributed by atoms with Gasteiger partial charge in [0, 0.05) is 23.2 Å². The van der Waals surface area contributed by atoms with Gasteiger partial charge in [0.05, 0.1) is 30.3 Å². The van der Waals surface area contributed by atoms with Crippen LogP contribution in [0.25, 0.3) is 0 Å². The molecule has 2 bridgehead atoms. The van der Waals surface area contributed by atoms with Gasteiger partial charge in [0.15, 0.2) is 10.9 Å². The maximum Gasteiger partial charge on any atom is 0.292 e. The van der Waals surface area contributed by atoms with Gasteiger partial charge in [-0.3, -0.25) is 9.59 Å². The van der Waals surface area contributed by atoms with E-state index in [-0.39, 0.29) is 57.8 Å². The molecule has 3 aliphatic heterocycles. The summed E-state index contributed by atoms with van der Waals surface area (Å²) in [6, 6.07) is 0. The van der Waals surface area contributed by atoms with Crippen molar-refractivity contribution in [3.05, 3.63) is 23.8 Å². The molecule has 7 aliphatic rings. The molecule has 220 valence electrons. The molecule has 3 heterocycles. The van der Waals surface area contributed by atoms with Crippen molar-refractivity contribution >= 4 is 22.7 Å². The van der Waals surface area contributed by atoms with Crippen molar-refractivity contribution in [1.29, 1.82) is 0 Å². The molecule has 8 heteroatoms. The summed E-state index contributed by atoms with van der Waals surface area (Å²) < 4.78 is 26.3. The average molecular weight is 573 g/mol. The van der Waals surface area contributed by atoms with Crippen LogP contribution < -0.4 is 0 Å². The number of carbonyl (C=O) groups excluding carboxylic acids is 2. The Bertz CT molecular complexity index is 1220. The number of aliphatic hydroxyl groups excluding tert-OH is 1. The zero-order valence-electron chi connectivity index (χ0n) is 24.8. The van der Waals surface area contributed by atoms with Crippen molar-refractivity contribution in [3.63, 3.8) is 0 Å². The van der Waals surface area contributed by atoms with E-state index in [0.29, 0.717) is 24.7 Å². The number of hydrogen-bond donors (Lipinski definition) is 1. The molecule has 3 saturated carbocycles. The molecule has 3 saturated heterocycles. The second-order valence-corrected chi connectivity index (χ2v) is 15.7. The second kappa shape index (κ2) is 8.32. The molecule has 7 rings (SSSR count). The van der Waals surface area contributed by atoms with Crippen molar-refractivity contribution in [1.82, 2.24) is 0 Å². The maximum absolute atomic E-state index is 12.6. The van der Waals surface area contributed by atoms with E-state index in [0.717, 1.165) is 24.8 Å². The van der Waals surface area contributed by atoms with Crippen LogP contribution in [0.2, 0.25) is 0 Å². The quantitative estimate of drug-likeness (QED) is 0.473. The SMILES string of the molecule is CSC(=O)C[C@@]12O[C@@H]([C@@H](C)[C@]34O[C@H]3C[C@@H]3[C@H]5[C@H](O)CC6=CC(=O)C=C[C@]6(C)[C@H]5CC[C@@]34C)C[C@@](C)(O1)C(C)(C)O2. The Hall–Kier alpha value is -1.03. The van der Waals surface area contributed by atoms with Gasteiger partial charge < -0.3 is 24.1 Å². The minimum Gasteiger partial charge on any atom is -0.392 e. The molecule has 6 fully saturated rings. The fraction of sp³-hybridized carbons (Fsp3) is 0.812. The molecule has 0 radical (unpaired) electrons. The lowest BCUT2D eigenvalue weighted by atomic mass is 9.46. The second-order valence-electron chi connectivity index (χ2n) is 14.9. The molecule has 4 aliphatic carbocycles. The Morgan fingerprint density at radius 2 is 1.90 bits per heavy atom. The molecule has 1 N–H and O–H groups in total. The lowest BCUT2D eigenvalue weighted by Crippen LogP contribution is -2.60. The summed E-state index contributed by atoms with van der Waals surface area (Å²) in [4.78, 5) is 24.8. The third-order valence-electron chi connectivity index (χ3n) is 12.9. The minimum absolute atomic E-state index is 0.0232. The first-order valence-electron chi connectivity index (χ1n) is 15.1. The predicted octanol–water partition coefficient (Wildman–Crippen LogP) is 4.96. The summed E-state index contributed by atoms with van der Waals surface area (Å²) in [5.74, 6) is -0.485. The summed E-state index contributed by atoms with van der Waals surface area (Å²) in [6.45, 7) is 13.0. The lowest BCUT2D eigenvalue weighted by molar-refractivity contribution is -0.393. The number of allylic oxidation sites excluding steroid dienone is 3. The van der Waals surface area contributed by atoms with Gasteiger partial charge in [-0.15, -0.1) is 0 Å². The highest BCUT2D eigenvalue weighted by molar-refractivity contribution is 8.13. The fourth-order valence-corrected chi connectivity index (χ4v) is 10.7. The molecule has 0 aromatic rings. The van der Waals surface area contributed by atoms with E-state index in [9.17, 15) is 14.7 Å². The van der Waals surface area contributed by atoms with Crippen LogP contribution in [-0.2, 0) is 28.5 Å². The average Bonchev–Trinajstić information content (AvgIpc) is 3.51. The molecule has 40 heavy (non-hydrogen) atoms. The number of epoxide rings is 1. The monoisotopic (exact) mass is 572 g/mol. The summed E-state index contributed by atoms with van der Waals surface area (Å²) >= 11 is 1.17. The van der Waals surface area contributed by atoms with Crippen LogP contribution in [0.15, 0.2) is 23.8 Å². The van der Waals surface area contributed by atoms with Crippen LogP contribution in [0.3, 0.4) is 0 Å². The highest BCUT2D eigenvalue weighted by Gasteiger charge is 2.81. The minimum atomic E-state index is -1.38. The molecule has 7 nitrogen and oxygen atoms in total. The standard InChI is InChI=1S/C32H44O7S/c1-17(23-15-30(6)27(2,3)38-31(36-23,39-30)16-25(35)40-7)32-24(37-32)14-21-26-20(9-11-29(21,32)5)28(4)10-8-19(33)12-18(28)13-22(26)34/h8,10,12,17,20-24,26,34H,9,11,13-16H2,1-7H3/t17-,20+,21-,22-,23-,24+,26+,28+,29+,30-,31+,32+/m1/s1. The molecular weight excluding hydrogens is 528 g/mol. The third kappa shape index (κ3) is 3.38. The number of aliphatic hydroxyl groups is 1. The predicted molar refractivity (Wildman–Crippen MR) is 150 cm³/mol. The number of thioether (sulfide) groups is 1. The summed E-state index contributed by atoms with van der Waals surface area (Å²) in [5, 5.41) is 11.6. The number of carbonyl (C=O) groups is 2. The van der Waals surface area contributed by atoms with Crippen LogP contribution in [-0.4, -0.2) is 63.3 Å². The van der Waals surface area contributed by atoms with E-state index in [1.165, 1.54) is 11.8 Å². The van der Waals surface area contributed by atoms with Gasteiger partial charge in [-0.1, -0.05) is 44.2 Å². The van der Waals surface area contributed by atoms with Crippen molar-refractivity contribution in [2.24, 2.45) is 34.5 Å². The summed E-state index contributed by atoms with van der Waals surface area (Å²) in [6.07, 6.45) is 11.1. The number of ether oxygens (including phenoxy) is 4. The molecule has 0 aromatic heterocycles. The Morgan fingerprint density at radius 3 is 2.62 bits per heavy atom. The normalized spacial score (nSPS) is 54.1. The summed E-state index contributed by atoms with van der Waals surface area (Å²) in [7, 11) is 0. The highest BCUT2D eigenvalue weighted by atomic mass is 32.2. The van der Waals surface area contributed by atoms with E-state index in [1.807, 2.05) is 13.8 Å². The largest absolute Gasteiger partial charge is 0.392 e. The summed E-state index contributed by atoms with van der Waals surface area (Å²) in [5.41, 5.74) is -0.740. The Morgan fingerprint density at radius 1 is 1.15 bits per heavy atom. The Labute approximate surface area is 241 Å². The van der Waals surface area contributed by atoms with Crippen molar-refractivity contribution in [2.45, 2.75) is 121 Å². The van der Waals surface area contributed by atoms with Crippen LogP contribution in [0.1, 0.15) is 80.1 Å². The molecule has 0 amide bonds. The van der Waals surface area contributed by atoms with Crippen LogP contribution in [0, 0.1) is 34.5 Å². The van der Waals surface area contributed by atoms with Gasteiger partial charge in [-0.05, 0) is 82.6 Å². The van der Waals surface area contributed by atoms with Gasteiger partial charge in [0.2, 0.25) is 0 Å². The lowest BCUT2D eigenvalue weighted by Gasteiger charge is -2.59. The van der Waals surface area contributed by atoms with Crippen LogP contribution >= 0.6 is 11.8 Å². The maximum atomic E-state index is 12.6. The number of hydrogen-bond acceptors (Lipinski definition) is 8. The van der Waals surface area contributed by atoms with E-state index < -0.39 is 23.3 Å². The van der Waals surface area contributed by atoms with E-state index in [4.69, 9.17) is 18.9 Å². The van der Waals surface area contributed by atoms with E-state index >= 15 is 0 Å². The van der Waals surface area contributed by atoms with E-state index in [2.05, 4.69) is 33.8 Å². The van der Waals surface area contributed by atoms with Gasteiger partial charge >= 0.3 is 0 Å². The molecule has 0 spiro atoms. The number of ketones is 1. The van der Waals surface area contributed by atoms with Crippen molar-refractivity contribution < 1.29 is 33.6 Å². The van der Waals surface area contributed by atoms with Gasteiger partial charge in [0.1, 0.15) is 11.2 Å². The Balaban J connectivity index is 1.19. The van der Waals surface area contributed by atoms with Crippen molar-refractivity contribution in [2.75, 3.05) is 6.26 Å². The molecule has 12 atom stereocenters. The number of rotatable bonds is 4. The van der Waals surface area contributed by atoms with Crippen molar-refractivity contribution in [3.8, 4) is 0 Å². The molecule has 0 unspecified atom stereocenters. The van der Waals surface area contributed by atoms with Crippen LogP contribution in [0.5, 0.6) is 0 Å². The van der Waals surface area contributed by atoms with Gasteiger partial charge in [0.25, 0.3) is 5.97 Å². The first-order valence-corrected chi connectivity index (χ1v) is 16.3. The first kappa shape index (κ1) is 27.8. The zero-order valence-corrected chi connectivity index (χ0v) is 25.6. The molecule has 0 aromatic carbocycles.